The van der Waals surface area contributed by atoms with Crippen LogP contribution in [-0.2, 0) is 11.2 Å². The van der Waals surface area contributed by atoms with Crippen molar-refractivity contribution >= 4 is 11.7 Å². The minimum atomic E-state index is -0.718. The van der Waals surface area contributed by atoms with E-state index in [-0.39, 0.29) is 12.3 Å². The molecule has 1 heterocycles. The lowest BCUT2D eigenvalue weighted by molar-refractivity contribution is -0.137. The largest absolute Gasteiger partial charge is 0.494 e. The zero-order valence-electron chi connectivity index (χ0n) is 23.9. The SMILES string of the molecule is CCOc1ccc(CCCC(C)(C)C)c(N2CCC(COc3cccc(C(CC(=O)O)C4CC4)c3)CC2)c1. The summed E-state index contributed by atoms with van der Waals surface area (Å²) in [6.07, 6.45) is 8.19. The Morgan fingerprint density at radius 3 is 2.42 bits per heavy atom. The molecule has 2 aromatic rings. The molecule has 2 aromatic carbocycles. The number of piperidine rings is 1. The first kappa shape index (κ1) is 28.3. The molecule has 2 aliphatic rings. The number of benzene rings is 2. The van der Waals surface area contributed by atoms with Crippen molar-refractivity contribution in [2.75, 3.05) is 31.2 Å². The van der Waals surface area contributed by atoms with E-state index in [2.05, 4.69) is 56.0 Å². The molecule has 0 amide bonds. The lowest BCUT2D eigenvalue weighted by atomic mass is 9.88. The molecule has 1 atom stereocenters. The summed E-state index contributed by atoms with van der Waals surface area (Å²) in [5, 5.41) is 9.36. The van der Waals surface area contributed by atoms with Gasteiger partial charge in [0.1, 0.15) is 11.5 Å². The van der Waals surface area contributed by atoms with E-state index in [1.807, 2.05) is 19.1 Å². The number of hydrogen-bond donors (Lipinski definition) is 1. The van der Waals surface area contributed by atoms with Crippen LogP contribution in [0.4, 0.5) is 5.69 Å². The summed E-state index contributed by atoms with van der Waals surface area (Å²) in [6, 6.07) is 14.8. The van der Waals surface area contributed by atoms with E-state index >= 15 is 0 Å². The monoisotopic (exact) mass is 521 g/mol. The van der Waals surface area contributed by atoms with E-state index in [1.165, 1.54) is 24.1 Å². The van der Waals surface area contributed by atoms with Crippen LogP contribution >= 0.6 is 0 Å². The third kappa shape index (κ3) is 8.41. The summed E-state index contributed by atoms with van der Waals surface area (Å²) in [7, 11) is 0. The number of aliphatic carboxylic acids is 1. The second kappa shape index (κ2) is 12.9. The summed E-state index contributed by atoms with van der Waals surface area (Å²) in [6.45, 7) is 12.4. The zero-order valence-corrected chi connectivity index (χ0v) is 23.9. The van der Waals surface area contributed by atoms with E-state index in [0.29, 0.717) is 30.5 Å². The van der Waals surface area contributed by atoms with Crippen molar-refractivity contribution in [3.8, 4) is 11.5 Å². The van der Waals surface area contributed by atoms with Crippen LogP contribution in [0.1, 0.15) is 89.7 Å². The van der Waals surface area contributed by atoms with Crippen LogP contribution < -0.4 is 14.4 Å². The van der Waals surface area contributed by atoms with Gasteiger partial charge in [-0.3, -0.25) is 4.79 Å². The standard InChI is InChI=1S/C33H47NO4/c1-5-37-29-14-13-26(9-7-17-33(2,3)4)31(21-29)34-18-15-24(16-19-34)23-38-28-10-6-8-27(20-28)30(22-32(35)36)25-11-12-25/h6,8,10,13-14,20-21,24-25,30H,5,7,9,11-12,15-19,22-23H2,1-4H3,(H,35,36). The van der Waals surface area contributed by atoms with Crippen molar-refractivity contribution in [1.82, 2.24) is 0 Å². The third-order valence-corrected chi connectivity index (χ3v) is 8.05. The van der Waals surface area contributed by atoms with E-state index in [1.54, 1.807) is 0 Å². The fourth-order valence-corrected chi connectivity index (χ4v) is 5.75. The molecule has 1 aliphatic heterocycles. The van der Waals surface area contributed by atoms with Crippen molar-refractivity contribution in [2.24, 2.45) is 17.3 Å². The summed E-state index contributed by atoms with van der Waals surface area (Å²) >= 11 is 0. The Bertz CT molecular complexity index is 1050. The van der Waals surface area contributed by atoms with Crippen LogP contribution in [0.25, 0.3) is 0 Å². The topological polar surface area (TPSA) is 59.0 Å². The predicted molar refractivity (Wildman–Crippen MR) is 155 cm³/mol. The molecule has 1 aliphatic carbocycles. The quantitative estimate of drug-likeness (QED) is 0.292. The Morgan fingerprint density at radius 1 is 1.03 bits per heavy atom. The molecule has 4 rings (SSSR count). The Morgan fingerprint density at radius 2 is 1.76 bits per heavy atom. The van der Waals surface area contributed by atoms with Gasteiger partial charge in [0.15, 0.2) is 0 Å². The van der Waals surface area contributed by atoms with Gasteiger partial charge in [-0.2, -0.15) is 0 Å². The van der Waals surface area contributed by atoms with Crippen LogP contribution in [0.5, 0.6) is 11.5 Å². The maximum atomic E-state index is 11.4. The molecule has 1 saturated carbocycles. The molecule has 38 heavy (non-hydrogen) atoms. The Hall–Kier alpha value is -2.69. The number of aryl methyl sites for hydroxylation is 1. The fourth-order valence-electron chi connectivity index (χ4n) is 5.75. The van der Waals surface area contributed by atoms with Gasteiger partial charge in [-0.1, -0.05) is 39.0 Å². The van der Waals surface area contributed by atoms with E-state index in [4.69, 9.17) is 9.47 Å². The average molecular weight is 522 g/mol. The molecular weight excluding hydrogens is 474 g/mol. The maximum Gasteiger partial charge on any atom is 0.303 e. The predicted octanol–water partition coefficient (Wildman–Crippen LogP) is 7.72. The van der Waals surface area contributed by atoms with Crippen molar-refractivity contribution in [2.45, 2.75) is 85.0 Å². The number of ether oxygens (including phenoxy) is 2. The second-order valence-corrected chi connectivity index (χ2v) is 12.5. The molecule has 5 heteroatoms. The Kier molecular flexibility index (Phi) is 9.62. The summed E-state index contributed by atoms with van der Waals surface area (Å²) in [5.41, 5.74) is 4.23. The molecule has 0 radical (unpaired) electrons. The molecule has 1 unspecified atom stereocenters. The highest BCUT2D eigenvalue weighted by molar-refractivity contribution is 5.68. The fraction of sp³-hybridized carbons (Fsp3) is 0.606. The Balaban J connectivity index is 1.33. The van der Waals surface area contributed by atoms with Gasteiger partial charge in [0.2, 0.25) is 0 Å². The van der Waals surface area contributed by atoms with E-state index in [0.717, 1.165) is 62.3 Å². The smallest absolute Gasteiger partial charge is 0.303 e. The molecule has 1 saturated heterocycles. The number of hydrogen-bond acceptors (Lipinski definition) is 4. The summed E-state index contributed by atoms with van der Waals surface area (Å²) in [5.74, 6) is 2.23. The van der Waals surface area contributed by atoms with Gasteiger partial charge in [-0.05, 0) is 104 Å². The lowest BCUT2D eigenvalue weighted by Crippen LogP contribution is -2.36. The highest BCUT2D eigenvalue weighted by Crippen LogP contribution is 2.45. The van der Waals surface area contributed by atoms with Gasteiger partial charge < -0.3 is 19.5 Å². The van der Waals surface area contributed by atoms with Crippen LogP contribution in [0.2, 0.25) is 0 Å². The minimum Gasteiger partial charge on any atom is -0.494 e. The van der Waals surface area contributed by atoms with Crippen LogP contribution in [0, 0.1) is 17.3 Å². The third-order valence-electron chi connectivity index (χ3n) is 8.05. The second-order valence-electron chi connectivity index (χ2n) is 12.5. The highest BCUT2D eigenvalue weighted by Gasteiger charge is 2.34. The maximum absolute atomic E-state index is 11.4. The van der Waals surface area contributed by atoms with Crippen molar-refractivity contribution < 1.29 is 19.4 Å². The number of anilines is 1. The van der Waals surface area contributed by atoms with Gasteiger partial charge in [-0.15, -0.1) is 0 Å². The molecule has 1 N–H and O–H groups in total. The van der Waals surface area contributed by atoms with Crippen molar-refractivity contribution in [3.05, 3.63) is 53.6 Å². The molecule has 208 valence electrons. The van der Waals surface area contributed by atoms with Crippen LogP contribution in [0.15, 0.2) is 42.5 Å². The van der Waals surface area contributed by atoms with Crippen LogP contribution in [-0.4, -0.2) is 37.4 Å². The Labute approximate surface area is 229 Å². The minimum absolute atomic E-state index is 0.101. The summed E-state index contributed by atoms with van der Waals surface area (Å²) in [4.78, 5) is 13.9. The first-order valence-corrected chi connectivity index (χ1v) is 14.7. The lowest BCUT2D eigenvalue weighted by Gasteiger charge is -2.35. The van der Waals surface area contributed by atoms with E-state index < -0.39 is 5.97 Å². The van der Waals surface area contributed by atoms with E-state index in [9.17, 15) is 9.90 Å². The number of carboxylic acid groups (broad SMARTS) is 1. The zero-order chi connectivity index (χ0) is 27.1. The molecule has 0 spiro atoms. The highest BCUT2D eigenvalue weighted by atomic mass is 16.5. The normalized spacial score (nSPS) is 17.3. The number of nitrogens with zero attached hydrogens (tertiary/aromatic N) is 1. The van der Waals surface area contributed by atoms with Gasteiger partial charge in [0.05, 0.1) is 19.6 Å². The van der Waals surface area contributed by atoms with Gasteiger partial charge in [0, 0.05) is 24.8 Å². The molecule has 5 nitrogen and oxygen atoms in total. The molecular formula is C33H47NO4. The van der Waals surface area contributed by atoms with Gasteiger partial charge in [-0.25, -0.2) is 0 Å². The average Bonchev–Trinajstić information content (AvgIpc) is 3.72. The first-order valence-electron chi connectivity index (χ1n) is 14.7. The molecule has 0 aromatic heterocycles. The number of carboxylic acids is 1. The van der Waals surface area contributed by atoms with Gasteiger partial charge in [0.25, 0.3) is 0 Å². The van der Waals surface area contributed by atoms with Crippen molar-refractivity contribution in [1.29, 1.82) is 0 Å². The van der Waals surface area contributed by atoms with Crippen molar-refractivity contribution in [3.63, 3.8) is 0 Å². The number of carbonyl (C=O) groups is 1. The first-order chi connectivity index (χ1) is 18.2. The summed E-state index contributed by atoms with van der Waals surface area (Å²) < 4.78 is 12.1. The van der Waals surface area contributed by atoms with Gasteiger partial charge >= 0.3 is 5.97 Å². The van der Waals surface area contributed by atoms with Crippen LogP contribution in [0.3, 0.4) is 0 Å². The molecule has 2 fully saturated rings. The molecule has 0 bridgehead atoms. The number of rotatable bonds is 13.